The van der Waals surface area contributed by atoms with Gasteiger partial charge in [0.25, 0.3) is 0 Å². The molecule has 1 aliphatic heterocycles. The number of rotatable bonds is 15. The van der Waals surface area contributed by atoms with Crippen molar-refractivity contribution in [2.24, 2.45) is 0 Å². The highest BCUT2D eigenvalue weighted by atomic mass is 32.2. The first-order chi connectivity index (χ1) is 10.8. The van der Waals surface area contributed by atoms with Crippen LogP contribution in [0.15, 0.2) is 0 Å². The van der Waals surface area contributed by atoms with Gasteiger partial charge in [-0.05, 0) is 19.3 Å². The number of esters is 1. The van der Waals surface area contributed by atoms with Crippen LogP contribution in [0, 0.1) is 0 Å². The van der Waals surface area contributed by atoms with Crippen LogP contribution in [0.1, 0.15) is 96.8 Å². The molecule has 1 saturated heterocycles. The Morgan fingerprint density at radius 3 is 1.86 bits per heavy atom. The second kappa shape index (κ2) is 13.3. The molecule has 1 rings (SSSR count). The Morgan fingerprint density at radius 1 is 0.818 bits per heavy atom. The molecule has 3 heteroatoms. The van der Waals surface area contributed by atoms with Crippen LogP contribution in [-0.2, 0) is 9.53 Å². The zero-order chi connectivity index (χ0) is 16.0. The molecule has 0 saturated carbocycles. The standard InChI is InChI=1S/C19H36O2S/c1-3-4-5-6-8-11-14-17-18(22-17)15-12-9-7-10-13-16-19(20)21-2/h17-18H,3-16H2,1-2H3/t17-,18-/m0/s1. The minimum Gasteiger partial charge on any atom is -0.469 e. The Bertz CT molecular complexity index is 281. The first-order valence-corrected chi connectivity index (χ1v) is 10.4. The van der Waals surface area contributed by atoms with Crippen molar-refractivity contribution < 1.29 is 9.53 Å². The predicted molar refractivity (Wildman–Crippen MR) is 97.5 cm³/mol. The zero-order valence-electron chi connectivity index (χ0n) is 14.8. The van der Waals surface area contributed by atoms with Gasteiger partial charge in [-0.2, -0.15) is 11.8 Å². The summed E-state index contributed by atoms with van der Waals surface area (Å²) in [5.41, 5.74) is 0. The van der Waals surface area contributed by atoms with E-state index in [1.54, 1.807) is 0 Å². The van der Waals surface area contributed by atoms with Crippen molar-refractivity contribution in [1.29, 1.82) is 0 Å². The molecule has 0 spiro atoms. The van der Waals surface area contributed by atoms with E-state index in [0.717, 1.165) is 16.9 Å². The lowest BCUT2D eigenvalue weighted by atomic mass is 10.0. The molecule has 130 valence electrons. The summed E-state index contributed by atoms with van der Waals surface area (Å²) in [5.74, 6) is -0.0630. The van der Waals surface area contributed by atoms with Crippen LogP contribution < -0.4 is 0 Å². The molecule has 0 radical (unpaired) electrons. The van der Waals surface area contributed by atoms with E-state index < -0.39 is 0 Å². The predicted octanol–water partition coefficient (Wildman–Crippen LogP) is 6.12. The van der Waals surface area contributed by atoms with Gasteiger partial charge in [0.1, 0.15) is 0 Å². The summed E-state index contributed by atoms with van der Waals surface area (Å²) in [5, 5.41) is 1.97. The largest absolute Gasteiger partial charge is 0.469 e. The number of hydrogen-bond donors (Lipinski definition) is 0. The summed E-state index contributed by atoms with van der Waals surface area (Å²) in [6, 6.07) is 0. The van der Waals surface area contributed by atoms with Crippen LogP contribution in [-0.4, -0.2) is 23.6 Å². The van der Waals surface area contributed by atoms with Crippen molar-refractivity contribution in [2.75, 3.05) is 7.11 Å². The molecule has 2 nitrogen and oxygen atoms in total. The maximum atomic E-state index is 11.0. The summed E-state index contributed by atoms with van der Waals surface area (Å²) in [4.78, 5) is 11.0. The summed E-state index contributed by atoms with van der Waals surface area (Å²) >= 11 is 2.22. The zero-order valence-corrected chi connectivity index (χ0v) is 15.6. The highest BCUT2D eigenvalue weighted by Crippen LogP contribution is 2.47. The maximum Gasteiger partial charge on any atom is 0.305 e. The van der Waals surface area contributed by atoms with Gasteiger partial charge in [-0.3, -0.25) is 4.79 Å². The van der Waals surface area contributed by atoms with Gasteiger partial charge in [0.2, 0.25) is 0 Å². The molecule has 0 aromatic carbocycles. The Kier molecular flexibility index (Phi) is 12.0. The number of carbonyl (C=O) groups excluding carboxylic acids is 1. The molecule has 0 bridgehead atoms. The molecule has 0 unspecified atom stereocenters. The summed E-state index contributed by atoms with van der Waals surface area (Å²) < 4.78 is 4.65. The minimum absolute atomic E-state index is 0.0630. The smallest absolute Gasteiger partial charge is 0.305 e. The molecule has 0 N–H and O–H groups in total. The van der Waals surface area contributed by atoms with E-state index in [9.17, 15) is 4.79 Å². The van der Waals surface area contributed by atoms with E-state index in [-0.39, 0.29) is 5.97 Å². The SMILES string of the molecule is CCCCCCCC[C@@H]1S[C@H]1CCCCCCCC(=O)OC. The van der Waals surface area contributed by atoms with E-state index in [1.807, 2.05) is 0 Å². The summed E-state index contributed by atoms with van der Waals surface area (Å²) in [6.45, 7) is 2.28. The molecule has 22 heavy (non-hydrogen) atoms. The number of hydrogen-bond acceptors (Lipinski definition) is 3. The highest BCUT2D eigenvalue weighted by Gasteiger charge is 2.36. The van der Waals surface area contributed by atoms with Crippen LogP contribution in [0.25, 0.3) is 0 Å². The maximum absolute atomic E-state index is 11.0. The van der Waals surface area contributed by atoms with E-state index >= 15 is 0 Å². The lowest BCUT2D eigenvalue weighted by Gasteiger charge is -2.02. The molecule has 1 fully saturated rings. The van der Waals surface area contributed by atoms with Crippen LogP contribution in [0.4, 0.5) is 0 Å². The van der Waals surface area contributed by atoms with Gasteiger partial charge < -0.3 is 4.74 Å². The summed E-state index contributed by atoms with van der Waals surface area (Å²) in [7, 11) is 1.47. The molecule has 1 aliphatic rings. The molecule has 0 amide bonds. The first kappa shape index (κ1) is 19.9. The number of unbranched alkanes of at least 4 members (excludes halogenated alkanes) is 9. The quantitative estimate of drug-likeness (QED) is 0.206. The van der Waals surface area contributed by atoms with E-state index in [0.29, 0.717) is 6.42 Å². The van der Waals surface area contributed by atoms with Crippen molar-refractivity contribution >= 4 is 17.7 Å². The van der Waals surface area contributed by atoms with Crippen LogP contribution >= 0.6 is 11.8 Å². The Balaban J connectivity index is 1.77. The fourth-order valence-electron chi connectivity index (χ4n) is 3.06. The molecule has 1 heterocycles. The van der Waals surface area contributed by atoms with Crippen LogP contribution in [0.3, 0.4) is 0 Å². The third-order valence-corrected chi connectivity index (χ3v) is 6.14. The van der Waals surface area contributed by atoms with Crippen molar-refractivity contribution in [3.63, 3.8) is 0 Å². The Labute approximate surface area is 142 Å². The van der Waals surface area contributed by atoms with Gasteiger partial charge in [0, 0.05) is 16.9 Å². The molecule has 0 aromatic rings. The fourth-order valence-corrected chi connectivity index (χ4v) is 4.30. The normalized spacial score (nSPS) is 20.1. The van der Waals surface area contributed by atoms with Crippen molar-refractivity contribution in [3.8, 4) is 0 Å². The van der Waals surface area contributed by atoms with Gasteiger partial charge in [-0.25, -0.2) is 0 Å². The third kappa shape index (κ3) is 10.5. The molecule has 2 atom stereocenters. The van der Waals surface area contributed by atoms with Crippen LogP contribution in [0.5, 0.6) is 0 Å². The van der Waals surface area contributed by atoms with Crippen molar-refractivity contribution in [2.45, 2.75) is 107 Å². The number of methoxy groups -OCH3 is 1. The topological polar surface area (TPSA) is 26.3 Å². The van der Waals surface area contributed by atoms with Crippen molar-refractivity contribution in [3.05, 3.63) is 0 Å². The first-order valence-electron chi connectivity index (χ1n) is 9.50. The van der Waals surface area contributed by atoms with Gasteiger partial charge in [-0.15, -0.1) is 0 Å². The number of ether oxygens (including phenoxy) is 1. The Hall–Kier alpha value is -0.180. The molecular formula is C19H36O2S. The van der Waals surface area contributed by atoms with E-state index in [1.165, 1.54) is 84.2 Å². The van der Waals surface area contributed by atoms with E-state index in [4.69, 9.17) is 0 Å². The molecule has 0 aliphatic carbocycles. The summed E-state index contributed by atoms with van der Waals surface area (Å²) in [6.07, 6.45) is 18.2. The lowest BCUT2D eigenvalue weighted by molar-refractivity contribution is -0.140. The second-order valence-corrected chi connectivity index (χ2v) is 8.14. The fraction of sp³-hybridized carbons (Fsp3) is 0.947. The average molecular weight is 329 g/mol. The number of carbonyl (C=O) groups is 1. The molecule has 0 aromatic heterocycles. The highest BCUT2D eigenvalue weighted by molar-refractivity contribution is 8.07. The van der Waals surface area contributed by atoms with Gasteiger partial charge in [-0.1, -0.05) is 71.1 Å². The van der Waals surface area contributed by atoms with Gasteiger partial charge in [0.15, 0.2) is 0 Å². The minimum atomic E-state index is -0.0630. The van der Waals surface area contributed by atoms with Crippen LogP contribution in [0.2, 0.25) is 0 Å². The van der Waals surface area contributed by atoms with Gasteiger partial charge in [0.05, 0.1) is 7.11 Å². The Morgan fingerprint density at radius 2 is 1.32 bits per heavy atom. The number of thioether (sulfide) groups is 1. The monoisotopic (exact) mass is 328 g/mol. The van der Waals surface area contributed by atoms with E-state index in [2.05, 4.69) is 23.4 Å². The second-order valence-electron chi connectivity index (χ2n) is 6.65. The lowest BCUT2D eigenvalue weighted by Crippen LogP contribution is -1.99. The van der Waals surface area contributed by atoms with Crippen molar-refractivity contribution in [1.82, 2.24) is 0 Å². The third-order valence-electron chi connectivity index (χ3n) is 4.63. The average Bonchev–Trinajstić information content (AvgIpc) is 3.28. The molecular weight excluding hydrogens is 292 g/mol. The van der Waals surface area contributed by atoms with Gasteiger partial charge >= 0.3 is 5.97 Å².